The van der Waals surface area contributed by atoms with Crippen LogP contribution in [-0.2, 0) is 0 Å². The van der Waals surface area contributed by atoms with Gasteiger partial charge in [0.1, 0.15) is 16.5 Å². The summed E-state index contributed by atoms with van der Waals surface area (Å²) >= 11 is 14.2. The number of hydrogen-bond donors (Lipinski definition) is 1. The highest BCUT2D eigenvalue weighted by molar-refractivity contribution is 7.19. The molecule has 0 saturated carbocycles. The number of nitriles is 1. The zero-order chi connectivity index (χ0) is 18.6. The predicted octanol–water partition coefficient (Wildman–Crippen LogP) is 5.44. The van der Waals surface area contributed by atoms with Crippen molar-refractivity contribution < 1.29 is 4.74 Å². The first-order chi connectivity index (χ1) is 12.4. The zero-order valence-corrected chi connectivity index (χ0v) is 16.3. The lowest BCUT2D eigenvalue weighted by Crippen LogP contribution is -2.20. The highest BCUT2D eigenvalue weighted by atomic mass is 35.5. The number of aryl methyl sites for hydroxylation is 2. The van der Waals surface area contributed by atoms with Crippen molar-refractivity contribution in [2.24, 2.45) is 5.73 Å². The third-order valence-corrected chi connectivity index (χ3v) is 6.37. The molecule has 0 fully saturated rings. The van der Waals surface area contributed by atoms with E-state index in [9.17, 15) is 5.26 Å². The predicted molar refractivity (Wildman–Crippen MR) is 105 cm³/mol. The molecule has 0 unspecified atom stereocenters. The van der Waals surface area contributed by atoms with Crippen LogP contribution in [0.3, 0.4) is 0 Å². The van der Waals surface area contributed by atoms with Gasteiger partial charge in [-0.15, -0.1) is 11.3 Å². The molecule has 3 heterocycles. The first kappa shape index (κ1) is 17.2. The number of ether oxygens (including phenoxy) is 1. The molecule has 0 radical (unpaired) electrons. The lowest BCUT2D eigenvalue weighted by molar-refractivity contribution is 0.401. The maximum atomic E-state index is 9.70. The Morgan fingerprint density at radius 2 is 2.08 bits per heavy atom. The molecule has 1 atom stereocenters. The lowest BCUT2D eigenvalue weighted by Gasteiger charge is -2.24. The maximum Gasteiger partial charge on any atom is 0.205 e. The highest BCUT2D eigenvalue weighted by Gasteiger charge is 2.36. The van der Waals surface area contributed by atoms with Crippen LogP contribution in [0.2, 0.25) is 10.0 Å². The number of aromatic nitrogens is 1. The quantitative estimate of drug-likeness (QED) is 0.589. The fourth-order valence-electron chi connectivity index (χ4n) is 3.32. The molecule has 2 aromatic heterocycles. The number of halogens is 2. The minimum absolute atomic E-state index is 0.0840. The second-order valence-electron chi connectivity index (χ2n) is 6.12. The monoisotopic (exact) mass is 401 g/mol. The Labute approximate surface area is 164 Å². The number of nitrogens with two attached hydrogens (primary N) is 1. The molecule has 0 aliphatic carbocycles. The number of nitrogens with zero attached hydrogens (tertiary/aromatic N) is 2. The van der Waals surface area contributed by atoms with E-state index in [0.29, 0.717) is 21.4 Å². The summed E-state index contributed by atoms with van der Waals surface area (Å²) in [4.78, 5) is 6.33. The van der Waals surface area contributed by atoms with Crippen molar-refractivity contribution in [3.63, 3.8) is 0 Å². The molecule has 26 heavy (non-hydrogen) atoms. The lowest BCUT2D eigenvalue weighted by atomic mass is 9.88. The molecule has 0 saturated heterocycles. The topological polar surface area (TPSA) is 71.9 Å². The van der Waals surface area contributed by atoms with Crippen molar-refractivity contribution in [3.8, 4) is 11.8 Å². The average Bonchev–Trinajstić information content (AvgIpc) is 2.94. The van der Waals surface area contributed by atoms with Crippen LogP contribution < -0.4 is 10.5 Å². The molecule has 2 N–H and O–H groups in total. The van der Waals surface area contributed by atoms with Gasteiger partial charge in [-0.3, -0.25) is 0 Å². The van der Waals surface area contributed by atoms with Crippen LogP contribution in [0.15, 0.2) is 35.7 Å². The number of allylic oxidation sites excluding steroid dienone is 1. The Morgan fingerprint density at radius 1 is 1.31 bits per heavy atom. The van der Waals surface area contributed by atoms with Crippen LogP contribution in [0.1, 0.15) is 27.6 Å². The van der Waals surface area contributed by atoms with E-state index in [-0.39, 0.29) is 5.88 Å². The van der Waals surface area contributed by atoms with E-state index in [4.69, 9.17) is 33.7 Å². The molecule has 4 nitrogen and oxygen atoms in total. The molecule has 1 aliphatic heterocycles. The average molecular weight is 402 g/mol. The Bertz CT molecular complexity index is 1140. The Kier molecular flexibility index (Phi) is 4.07. The van der Waals surface area contributed by atoms with Crippen molar-refractivity contribution in [3.05, 3.63) is 67.5 Å². The molecule has 1 aliphatic rings. The number of rotatable bonds is 1. The van der Waals surface area contributed by atoms with Crippen molar-refractivity contribution in [1.82, 2.24) is 4.98 Å². The highest BCUT2D eigenvalue weighted by Crippen LogP contribution is 2.52. The largest absolute Gasteiger partial charge is 0.439 e. The van der Waals surface area contributed by atoms with E-state index in [2.05, 4.69) is 11.1 Å². The van der Waals surface area contributed by atoms with Gasteiger partial charge in [-0.05, 0) is 37.1 Å². The van der Waals surface area contributed by atoms with Crippen molar-refractivity contribution in [2.75, 3.05) is 0 Å². The smallest absolute Gasteiger partial charge is 0.205 e. The van der Waals surface area contributed by atoms with Gasteiger partial charge in [-0.2, -0.15) is 5.26 Å². The summed E-state index contributed by atoms with van der Waals surface area (Å²) in [7, 11) is 0. The molecular formula is C19H13Cl2N3OS. The van der Waals surface area contributed by atoms with E-state index in [0.717, 1.165) is 31.9 Å². The normalized spacial score (nSPS) is 16.3. The second-order valence-corrected chi connectivity index (χ2v) is 7.94. The van der Waals surface area contributed by atoms with Gasteiger partial charge in [0.15, 0.2) is 5.75 Å². The van der Waals surface area contributed by atoms with Crippen molar-refractivity contribution in [1.29, 1.82) is 5.26 Å². The van der Waals surface area contributed by atoms with Crippen LogP contribution in [0, 0.1) is 25.2 Å². The first-order valence-electron chi connectivity index (χ1n) is 7.84. The third-order valence-electron chi connectivity index (χ3n) is 4.41. The summed E-state index contributed by atoms with van der Waals surface area (Å²) in [5.41, 5.74) is 9.11. The third kappa shape index (κ3) is 2.45. The Hall–Kier alpha value is -2.26. The summed E-state index contributed by atoms with van der Waals surface area (Å²) in [6, 6.07) is 9.56. The molecule has 0 spiro atoms. The summed E-state index contributed by atoms with van der Waals surface area (Å²) in [6.07, 6.45) is 0. The summed E-state index contributed by atoms with van der Waals surface area (Å²) in [5.74, 6) is 0.294. The second kappa shape index (κ2) is 6.17. The first-order valence-corrected chi connectivity index (χ1v) is 9.41. The van der Waals surface area contributed by atoms with E-state index in [1.165, 1.54) is 11.3 Å². The molecule has 130 valence electrons. The number of benzene rings is 1. The van der Waals surface area contributed by atoms with Gasteiger partial charge < -0.3 is 10.5 Å². The molecule has 0 amide bonds. The van der Waals surface area contributed by atoms with E-state index in [1.54, 1.807) is 6.07 Å². The van der Waals surface area contributed by atoms with Gasteiger partial charge >= 0.3 is 0 Å². The minimum Gasteiger partial charge on any atom is -0.439 e. The Balaban J connectivity index is 2.07. The van der Waals surface area contributed by atoms with Gasteiger partial charge in [0.05, 0.1) is 26.2 Å². The van der Waals surface area contributed by atoms with Gasteiger partial charge in [-0.1, -0.05) is 35.3 Å². The van der Waals surface area contributed by atoms with Gasteiger partial charge in [0, 0.05) is 5.69 Å². The molecule has 1 aromatic carbocycles. The molecular weight excluding hydrogens is 389 g/mol. The van der Waals surface area contributed by atoms with Crippen LogP contribution in [0.4, 0.5) is 0 Å². The minimum atomic E-state index is -0.436. The van der Waals surface area contributed by atoms with Crippen LogP contribution >= 0.6 is 34.5 Å². The molecule has 7 heteroatoms. The zero-order valence-electron chi connectivity index (χ0n) is 13.9. The van der Waals surface area contributed by atoms with Gasteiger partial charge in [-0.25, -0.2) is 4.98 Å². The maximum absolute atomic E-state index is 9.70. The van der Waals surface area contributed by atoms with Crippen LogP contribution in [0.5, 0.6) is 5.75 Å². The summed E-state index contributed by atoms with van der Waals surface area (Å²) < 4.78 is 5.86. The molecule has 4 rings (SSSR count). The standard InChI is InChI=1S/C19H13Cl2N3OS/c1-8-6-9(2)24-19-13(8)16-17(26-19)14(11(7-22)18(23)25-16)10-4-3-5-12(20)15(10)21/h3-6,14H,23H2,1-2H3/t14-/m0/s1. The fraction of sp³-hybridized carbons (Fsp3) is 0.158. The number of fused-ring (bicyclic) bond motifs is 3. The van der Waals surface area contributed by atoms with E-state index >= 15 is 0 Å². The molecule has 0 bridgehead atoms. The van der Waals surface area contributed by atoms with Gasteiger partial charge in [0.25, 0.3) is 0 Å². The summed E-state index contributed by atoms with van der Waals surface area (Å²) in [5, 5.41) is 11.5. The summed E-state index contributed by atoms with van der Waals surface area (Å²) in [6.45, 7) is 3.96. The SMILES string of the molecule is Cc1cc(C)c2c3c(sc2n1)[C@@H](c1cccc(Cl)c1Cl)C(C#N)=C(N)O3. The molecule has 3 aromatic rings. The van der Waals surface area contributed by atoms with E-state index < -0.39 is 5.92 Å². The van der Waals surface area contributed by atoms with Crippen LogP contribution in [0.25, 0.3) is 10.2 Å². The van der Waals surface area contributed by atoms with E-state index in [1.807, 2.05) is 32.0 Å². The number of hydrogen-bond acceptors (Lipinski definition) is 5. The van der Waals surface area contributed by atoms with Crippen molar-refractivity contribution in [2.45, 2.75) is 19.8 Å². The van der Waals surface area contributed by atoms with Gasteiger partial charge in [0.2, 0.25) is 5.88 Å². The Morgan fingerprint density at radius 3 is 2.81 bits per heavy atom. The number of thiophene rings is 1. The fourth-order valence-corrected chi connectivity index (χ4v) is 5.09. The van der Waals surface area contributed by atoms with Crippen LogP contribution in [-0.4, -0.2) is 4.98 Å². The number of pyridine rings is 1. The van der Waals surface area contributed by atoms with Crippen molar-refractivity contribution >= 4 is 44.8 Å².